The fraction of sp³-hybridized carbons (Fsp3) is 1.00. The fourth-order valence-electron chi connectivity index (χ4n) is 1.93. The van der Waals surface area contributed by atoms with Crippen LogP contribution in [0.25, 0.3) is 0 Å². The van der Waals surface area contributed by atoms with Crippen LogP contribution in [0.5, 0.6) is 0 Å². The van der Waals surface area contributed by atoms with Gasteiger partial charge in [-0.3, -0.25) is 0 Å². The van der Waals surface area contributed by atoms with Crippen molar-refractivity contribution in [1.82, 2.24) is 5.32 Å². The van der Waals surface area contributed by atoms with E-state index in [0.29, 0.717) is 25.8 Å². The van der Waals surface area contributed by atoms with Gasteiger partial charge < -0.3 is 5.32 Å². The summed E-state index contributed by atoms with van der Waals surface area (Å²) in [5.41, 5.74) is 0. The van der Waals surface area contributed by atoms with Crippen LogP contribution >= 0.6 is 0 Å². The first-order chi connectivity index (χ1) is 7.85. The monoisotopic (exact) mass is 283 g/mol. The highest BCUT2D eigenvalue weighted by atomic mass is 32.2. The highest BCUT2D eigenvalue weighted by molar-refractivity contribution is 7.91. The second-order valence-corrected chi connectivity index (χ2v) is 9.14. The van der Waals surface area contributed by atoms with E-state index in [9.17, 15) is 16.8 Å². The van der Waals surface area contributed by atoms with Crippen LogP contribution in [0.2, 0.25) is 0 Å². The van der Waals surface area contributed by atoms with Crippen LogP contribution in [-0.2, 0) is 19.7 Å². The van der Waals surface area contributed by atoms with Crippen molar-refractivity contribution in [3.8, 4) is 0 Å². The predicted molar refractivity (Wildman–Crippen MR) is 68.6 cm³/mol. The van der Waals surface area contributed by atoms with Gasteiger partial charge in [0.2, 0.25) is 0 Å². The summed E-state index contributed by atoms with van der Waals surface area (Å²) >= 11 is 0. The largest absolute Gasteiger partial charge is 0.313 e. The Balaban J connectivity index is 2.25. The van der Waals surface area contributed by atoms with Crippen molar-refractivity contribution in [3.05, 3.63) is 0 Å². The van der Waals surface area contributed by atoms with Gasteiger partial charge in [0.1, 0.15) is 9.84 Å². The van der Waals surface area contributed by atoms with Gasteiger partial charge in [-0.15, -0.1) is 0 Å². The van der Waals surface area contributed by atoms with Gasteiger partial charge in [-0.25, -0.2) is 16.8 Å². The van der Waals surface area contributed by atoms with E-state index in [2.05, 4.69) is 5.32 Å². The Hall–Kier alpha value is -0.140. The number of hydrogen-bond donors (Lipinski definition) is 1. The Morgan fingerprint density at radius 1 is 1.18 bits per heavy atom. The van der Waals surface area contributed by atoms with E-state index in [1.54, 1.807) is 0 Å². The third-order valence-electron chi connectivity index (χ3n) is 2.92. The van der Waals surface area contributed by atoms with Gasteiger partial charge in [0.05, 0.1) is 17.3 Å². The molecule has 1 saturated heterocycles. The normalized spacial score (nSPS) is 21.5. The third-order valence-corrected chi connectivity index (χ3v) is 6.49. The van der Waals surface area contributed by atoms with E-state index in [0.717, 1.165) is 0 Å². The molecule has 1 N–H and O–H groups in total. The minimum Gasteiger partial charge on any atom is -0.313 e. The molecule has 5 nitrogen and oxygen atoms in total. The van der Waals surface area contributed by atoms with Gasteiger partial charge in [0, 0.05) is 18.3 Å². The van der Waals surface area contributed by atoms with Gasteiger partial charge in [-0.05, 0) is 19.3 Å². The predicted octanol–water partition coefficient (Wildman–Crippen LogP) is -0.0220. The molecule has 1 heterocycles. The molecule has 17 heavy (non-hydrogen) atoms. The molecule has 1 rings (SSSR count). The molecule has 0 unspecified atom stereocenters. The van der Waals surface area contributed by atoms with Gasteiger partial charge in [0.25, 0.3) is 0 Å². The molecule has 0 atom stereocenters. The van der Waals surface area contributed by atoms with E-state index in [1.165, 1.54) is 0 Å². The molecular formula is C10H21NO4S2. The van der Waals surface area contributed by atoms with Gasteiger partial charge in [0.15, 0.2) is 9.84 Å². The molecular weight excluding hydrogens is 262 g/mol. The number of nitrogens with one attached hydrogen (secondary N) is 1. The molecule has 0 aromatic rings. The summed E-state index contributed by atoms with van der Waals surface area (Å²) in [7, 11) is -5.77. The van der Waals surface area contributed by atoms with Crippen LogP contribution in [-0.4, -0.2) is 52.4 Å². The second kappa shape index (κ2) is 6.15. The van der Waals surface area contributed by atoms with E-state index >= 15 is 0 Å². The SMILES string of the molecule is CCCS(=O)(=O)CCNC1CCS(=O)(=O)CC1. The summed E-state index contributed by atoms with van der Waals surface area (Å²) in [6.45, 7) is 2.27. The maximum Gasteiger partial charge on any atom is 0.151 e. The van der Waals surface area contributed by atoms with Crippen LogP contribution in [0.3, 0.4) is 0 Å². The Bertz CT molecular complexity index is 413. The van der Waals surface area contributed by atoms with Crippen molar-refractivity contribution in [2.45, 2.75) is 32.2 Å². The molecule has 1 fully saturated rings. The summed E-state index contributed by atoms with van der Waals surface area (Å²) in [5.74, 6) is 0.802. The zero-order valence-corrected chi connectivity index (χ0v) is 11.8. The first kappa shape index (κ1) is 14.9. The van der Waals surface area contributed by atoms with E-state index in [1.807, 2.05) is 6.92 Å². The van der Waals surface area contributed by atoms with Gasteiger partial charge >= 0.3 is 0 Å². The first-order valence-corrected chi connectivity index (χ1v) is 9.63. The lowest BCUT2D eigenvalue weighted by atomic mass is 10.1. The van der Waals surface area contributed by atoms with Crippen molar-refractivity contribution >= 4 is 19.7 Å². The van der Waals surface area contributed by atoms with Crippen molar-refractivity contribution in [1.29, 1.82) is 0 Å². The molecule has 1 aliphatic rings. The average Bonchev–Trinajstić information content (AvgIpc) is 2.20. The van der Waals surface area contributed by atoms with Gasteiger partial charge in [-0.1, -0.05) is 6.92 Å². The van der Waals surface area contributed by atoms with E-state index in [4.69, 9.17) is 0 Å². The maximum atomic E-state index is 11.4. The maximum absolute atomic E-state index is 11.4. The molecule has 0 aromatic carbocycles. The number of hydrogen-bond acceptors (Lipinski definition) is 5. The Morgan fingerprint density at radius 2 is 1.76 bits per heavy atom. The molecule has 7 heteroatoms. The molecule has 0 radical (unpaired) electrons. The minimum absolute atomic E-state index is 0.143. The molecule has 0 spiro atoms. The number of sulfone groups is 2. The van der Waals surface area contributed by atoms with Crippen LogP contribution in [0.15, 0.2) is 0 Å². The summed E-state index contributed by atoms with van der Waals surface area (Å²) in [4.78, 5) is 0. The fourth-order valence-corrected chi connectivity index (χ4v) is 4.67. The molecule has 0 saturated carbocycles. The first-order valence-electron chi connectivity index (χ1n) is 5.99. The molecule has 0 aliphatic carbocycles. The topological polar surface area (TPSA) is 80.3 Å². The quantitative estimate of drug-likeness (QED) is 0.741. The van der Waals surface area contributed by atoms with E-state index in [-0.39, 0.29) is 29.1 Å². The third kappa shape index (κ3) is 5.83. The summed E-state index contributed by atoms with van der Waals surface area (Å²) in [5, 5.41) is 3.13. The van der Waals surface area contributed by atoms with Crippen molar-refractivity contribution < 1.29 is 16.8 Å². The molecule has 102 valence electrons. The zero-order valence-electron chi connectivity index (χ0n) is 10.2. The van der Waals surface area contributed by atoms with Gasteiger partial charge in [-0.2, -0.15) is 0 Å². The summed E-state index contributed by atoms with van der Waals surface area (Å²) in [6, 6.07) is 0.148. The highest BCUT2D eigenvalue weighted by Gasteiger charge is 2.23. The Morgan fingerprint density at radius 3 is 2.29 bits per heavy atom. The van der Waals surface area contributed by atoms with Crippen molar-refractivity contribution in [2.75, 3.05) is 29.6 Å². The van der Waals surface area contributed by atoms with Crippen molar-refractivity contribution in [2.24, 2.45) is 0 Å². The van der Waals surface area contributed by atoms with E-state index < -0.39 is 19.7 Å². The highest BCUT2D eigenvalue weighted by Crippen LogP contribution is 2.11. The molecule has 0 amide bonds. The standard InChI is InChI=1S/C10H21NO4S2/c1-2-6-16(12,13)9-5-11-10-3-7-17(14,15)8-4-10/h10-11H,2-9H2,1H3. The van der Waals surface area contributed by atoms with Crippen molar-refractivity contribution in [3.63, 3.8) is 0 Å². The lowest BCUT2D eigenvalue weighted by Crippen LogP contribution is -2.39. The summed E-state index contributed by atoms with van der Waals surface area (Å²) < 4.78 is 45.3. The minimum atomic E-state index is -2.94. The molecule has 1 aliphatic heterocycles. The second-order valence-electron chi connectivity index (χ2n) is 4.53. The zero-order chi connectivity index (χ0) is 12.9. The Labute approximate surface area is 104 Å². The molecule has 0 bridgehead atoms. The van der Waals surface area contributed by atoms with Crippen LogP contribution in [0, 0.1) is 0 Å². The van der Waals surface area contributed by atoms with Crippen LogP contribution in [0.4, 0.5) is 0 Å². The smallest absolute Gasteiger partial charge is 0.151 e. The lowest BCUT2D eigenvalue weighted by molar-refractivity contribution is 0.473. The molecule has 0 aromatic heterocycles. The lowest BCUT2D eigenvalue weighted by Gasteiger charge is -2.22. The Kier molecular flexibility index (Phi) is 5.40. The van der Waals surface area contributed by atoms with Crippen LogP contribution < -0.4 is 5.32 Å². The average molecular weight is 283 g/mol. The summed E-state index contributed by atoms with van der Waals surface area (Å²) in [6.07, 6.45) is 1.83. The number of rotatable bonds is 6. The van der Waals surface area contributed by atoms with Crippen LogP contribution in [0.1, 0.15) is 26.2 Å².